The number of likely N-dealkylation sites (N-methyl/N-ethyl adjacent to an activating group) is 1. The first-order chi connectivity index (χ1) is 11.9. The number of hydrogen-bond donors (Lipinski definition) is 2. The van der Waals surface area contributed by atoms with Crippen LogP contribution in [0.15, 0.2) is 48.0 Å². The van der Waals surface area contributed by atoms with Crippen LogP contribution in [0.2, 0.25) is 0 Å². The predicted octanol–water partition coefficient (Wildman–Crippen LogP) is 2.92. The Labute approximate surface area is 146 Å². The third-order valence-corrected chi connectivity index (χ3v) is 4.70. The monoisotopic (exact) mass is 338 g/mol. The zero-order valence-electron chi connectivity index (χ0n) is 14.5. The molecule has 3 rings (SSSR count). The third kappa shape index (κ3) is 3.88. The average molecular weight is 338 g/mol. The van der Waals surface area contributed by atoms with E-state index in [4.69, 9.17) is 5.11 Å². The van der Waals surface area contributed by atoms with Crippen LogP contribution in [0.5, 0.6) is 0 Å². The molecule has 5 heteroatoms. The molecule has 2 N–H and O–H groups in total. The van der Waals surface area contributed by atoms with E-state index in [-0.39, 0.29) is 17.5 Å². The number of aromatic carboxylic acids is 1. The summed E-state index contributed by atoms with van der Waals surface area (Å²) in [7, 11) is 2.08. The maximum atomic E-state index is 12.5. The van der Waals surface area contributed by atoms with E-state index in [1.807, 2.05) is 6.92 Å². The maximum absolute atomic E-state index is 12.5. The van der Waals surface area contributed by atoms with Gasteiger partial charge in [-0.05, 0) is 61.0 Å². The number of carboxylic acid groups (broad SMARTS) is 1. The molecule has 130 valence electrons. The van der Waals surface area contributed by atoms with Gasteiger partial charge in [0.2, 0.25) is 0 Å². The number of amides is 1. The molecule has 0 aliphatic carbocycles. The summed E-state index contributed by atoms with van der Waals surface area (Å²) in [6.07, 6.45) is 3.15. The molecule has 0 bridgehead atoms. The quantitative estimate of drug-likeness (QED) is 0.841. The molecule has 0 fully saturated rings. The molecule has 1 heterocycles. The second-order valence-electron chi connectivity index (χ2n) is 6.57. The molecule has 1 amide bonds. The van der Waals surface area contributed by atoms with Gasteiger partial charge in [0.15, 0.2) is 0 Å². The Kier molecular flexibility index (Phi) is 4.86. The second-order valence-corrected chi connectivity index (χ2v) is 6.57. The van der Waals surface area contributed by atoms with Crippen LogP contribution < -0.4 is 5.32 Å². The molecule has 2 aromatic carbocycles. The van der Waals surface area contributed by atoms with E-state index in [0.717, 1.165) is 30.3 Å². The molecule has 0 radical (unpaired) electrons. The first-order valence-electron chi connectivity index (χ1n) is 8.39. The molecule has 1 aliphatic rings. The van der Waals surface area contributed by atoms with Crippen molar-refractivity contribution in [2.45, 2.75) is 19.4 Å². The van der Waals surface area contributed by atoms with Gasteiger partial charge in [-0.3, -0.25) is 4.79 Å². The lowest BCUT2D eigenvalue weighted by Crippen LogP contribution is -2.37. The van der Waals surface area contributed by atoms with Crippen molar-refractivity contribution in [3.8, 4) is 0 Å². The number of carboxylic acids is 1. The van der Waals surface area contributed by atoms with Crippen LogP contribution in [0.25, 0.3) is 10.8 Å². The summed E-state index contributed by atoms with van der Waals surface area (Å²) in [5.41, 5.74) is 2.09. The van der Waals surface area contributed by atoms with Crippen LogP contribution in [0.4, 0.5) is 0 Å². The minimum absolute atomic E-state index is 0.00582. The first kappa shape index (κ1) is 17.2. The highest BCUT2D eigenvalue weighted by Crippen LogP contribution is 2.19. The average Bonchev–Trinajstić information content (AvgIpc) is 2.61. The molecule has 1 atom stereocenters. The Balaban J connectivity index is 1.75. The fourth-order valence-electron chi connectivity index (χ4n) is 3.07. The van der Waals surface area contributed by atoms with Gasteiger partial charge >= 0.3 is 5.97 Å². The van der Waals surface area contributed by atoms with Crippen molar-refractivity contribution in [3.63, 3.8) is 0 Å². The van der Waals surface area contributed by atoms with Gasteiger partial charge in [0.05, 0.1) is 5.56 Å². The highest BCUT2D eigenvalue weighted by atomic mass is 16.4. The summed E-state index contributed by atoms with van der Waals surface area (Å²) >= 11 is 0. The van der Waals surface area contributed by atoms with Crippen molar-refractivity contribution in [2.24, 2.45) is 0 Å². The minimum Gasteiger partial charge on any atom is -0.478 e. The van der Waals surface area contributed by atoms with E-state index in [1.54, 1.807) is 36.4 Å². The molecule has 2 aromatic rings. The van der Waals surface area contributed by atoms with Crippen molar-refractivity contribution in [2.75, 3.05) is 20.1 Å². The summed E-state index contributed by atoms with van der Waals surface area (Å²) in [6.45, 7) is 3.93. The van der Waals surface area contributed by atoms with E-state index in [2.05, 4.69) is 23.3 Å². The first-order valence-corrected chi connectivity index (χ1v) is 8.39. The zero-order valence-corrected chi connectivity index (χ0v) is 14.5. The summed E-state index contributed by atoms with van der Waals surface area (Å²) in [6, 6.07) is 10.2. The molecule has 1 aliphatic heterocycles. The van der Waals surface area contributed by atoms with Gasteiger partial charge < -0.3 is 15.3 Å². The number of nitrogens with one attached hydrogen (secondary N) is 1. The Bertz CT molecular complexity index is 857. The standard InChI is InChI=1S/C20H22N2O3/c1-13(14-7-9-22(2)10-8-14)21-19(23)17-5-3-16-12-18(20(24)25)6-4-15(16)11-17/h3-7,11-13H,8-10H2,1-2H3,(H,21,23)(H,24,25). The van der Waals surface area contributed by atoms with Crippen LogP contribution in [0.1, 0.15) is 34.1 Å². The third-order valence-electron chi connectivity index (χ3n) is 4.70. The molecular weight excluding hydrogens is 316 g/mol. The summed E-state index contributed by atoms with van der Waals surface area (Å²) < 4.78 is 0. The van der Waals surface area contributed by atoms with Gasteiger partial charge in [-0.25, -0.2) is 4.79 Å². The van der Waals surface area contributed by atoms with Gasteiger partial charge in [-0.15, -0.1) is 0 Å². The van der Waals surface area contributed by atoms with Crippen molar-refractivity contribution in [3.05, 3.63) is 59.2 Å². The summed E-state index contributed by atoms with van der Waals surface area (Å²) in [4.78, 5) is 25.8. The molecule has 0 saturated carbocycles. The van der Waals surface area contributed by atoms with E-state index in [0.29, 0.717) is 5.56 Å². The Morgan fingerprint density at radius 1 is 1.12 bits per heavy atom. The fourth-order valence-corrected chi connectivity index (χ4v) is 3.07. The smallest absolute Gasteiger partial charge is 0.335 e. The van der Waals surface area contributed by atoms with E-state index < -0.39 is 5.97 Å². The number of carbonyl (C=O) groups excluding carboxylic acids is 1. The molecule has 0 aromatic heterocycles. The number of rotatable bonds is 4. The van der Waals surface area contributed by atoms with Crippen LogP contribution >= 0.6 is 0 Å². The fraction of sp³-hybridized carbons (Fsp3) is 0.300. The summed E-state index contributed by atoms with van der Waals surface area (Å²) in [5.74, 6) is -1.07. The lowest BCUT2D eigenvalue weighted by atomic mass is 10.0. The highest BCUT2D eigenvalue weighted by Gasteiger charge is 2.17. The number of hydrogen-bond acceptors (Lipinski definition) is 3. The van der Waals surface area contributed by atoms with Crippen LogP contribution in [0, 0.1) is 0 Å². The Morgan fingerprint density at radius 2 is 1.76 bits per heavy atom. The van der Waals surface area contributed by atoms with E-state index in [1.165, 1.54) is 5.57 Å². The van der Waals surface area contributed by atoms with Gasteiger partial charge in [-0.2, -0.15) is 0 Å². The predicted molar refractivity (Wildman–Crippen MR) is 98.0 cm³/mol. The van der Waals surface area contributed by atoms with E-state index in [9.17, 15) is 9.59 Å². The number of carbonyl (C=O) groups is 2. The molecular formula is C20H22N2O3. The van der Waals surface area contributed by atoms with Crippen molar-refractivity contribution >= 4 is 22.6 Å². The molecule has 0 saturated heterocycles. The van der Waals surface area contributed by atoms with Gasteiger partial charge in [0.1, 0.15) is 0 Å². The lowest BCUT2D eigenvalue weighted by molar-refractivity contribution is 0.0696. The van der Waals surface area contributed by atoms with Crippen LogP contribution in [0.3, 0.4) is 0 Å². The Hall–Kier alpha value is -2.66. The maximum Gasteiger partial charge on any atom is 0.335 e. The largest absolute Gasteiger partial charge is 0.478 e. The van der Waals surface area contributed by atoms with Crippen molar-refractivity contribution < 1.29 is 14.7 Å². The minimum atomic E-state index is -0.955. The van der Waals surface area contributed by atoms with Crippen LogP contribution in [-0.4, -0.2) is 48.1 Å². The number of benzene rings is 2. The lowest BCUT2D eigenvalue weighted by Gasteiger charge is -2.26. The highest BCUT2D eigenvalue weighted by molar-refractivity contribution is 6.00. The molecule has 25 heavy (non-hydrogen) atoms. The zero-order chi connectivity index (χ0) is 18.0. The van der Waals surface area contributed by atoms with Crippen molar-refractivity contribution in [1.29, 1.82) is 0 Å². The summed E-state index contributed by atoms with van der Waals surface area (Å²) in [5, 5.41) is 13.8. The van der Waals surface area contributed by atoms with E-state index >= 15 is 0 Å². The molecule has 0 spiro atoms. The molecule has 1 unspecified atom stereocenters. The Morgan fingerprint density at radius 3 is 2.36 bits per heavy atom. The number of fused-ring (bicyclic) bond motifs is 1. The number of nitrogens with zero attached hydrogens (tertiary/aromatic N) is 1. The normalized spacial score (nSPS) is 16.3. The van der Waals surface area contributed by atoms with Gasteiger partial charge in [0, 0.05) is 24.7 Å². The van der Waals surface area contributed by atoms with Crippen LogP contribution in [-0.2, 0) is 0 Å². The molecule has 5 nitrogen and oxygen atoms in total. The second kappa shape index (κ2) is 7.07. The topological polar surface area (TPSA) is 69.6 Å². The van der Waals surface area contributed by atoms with Gasteiger partial charge in [0.25, 0.3) is 5.91 Å². The van der Waals surface area contributed by atoms with Crippen molar-refractivity contribution in [1.82, 2.24) is 10.2 Å². The van der Waals surface area contributed by atoms with Gasteiger partial charge in [-0.1, -0.05) is 18.2 Å². The SMILES string of the molecule is CC(NC(=O)c1ccc2cc(C(=O)O)ccc2c1)C1=CCN(C)CC1.